The number of para-hydroxylation sites is 1. The molecule has 0 unspecified atom stereocenters. The van der Waals surface area contributed by atoms with Gasteiger partial charge in [0.25, 0.3) is 5.56 Å². The minimum atomic E-state index is -0.182. The smallest absolute Gasteiger partial charge is 0.262 e. The summed E-state index contributed by atoms with van der Waals surface area (Å²) in [6.45, 7) is 4.25. The SMILES string of the molecule is Cc1ccc(NC(=O)CCn2c(=S)[nH]c3ccccc3c2=O)cc1C. The van der Waals surface area contributed by atoms with Crippen LogP contribution in [0.25, 0.3) is 10.9 Å². The van der Waals surface area contributed by atoms with E-state index in [9.17, 15) is 9.59 Å². The van der Waals surface area contributed by atoms with E-state index in [1.165, 1.54) is 10.1 Å². The molecule has 1 aromatic heterocycles. The molecule has 128 valence electrons. The summed E-state index contributed by atoms with van der Waals surface area (Å²) in [6.07, 6.45) is 0.169. The van der Waals surface area contributed by atoms with E-state index in [1.54, 1.807) is 12.1 Å². The van der Waals surface area contributed by atoms with Crippen LogP contribution in [0.5, 0.6) is 0 Å². The van der Waals surface area contributed by atoms with E-state index in [0.717, 1.165) is 11.3 Å². The Morgan fingerprint density at radius 1 is 1.16 bits per heavy atom. The van der Waals surface area contributed by atoms with Gasteiger partial charge in [0.2, 0.25) is 5.91 Å². The van der Waals surface area contributed by atoms with Crippen LogP contribution in [0.3, 0.4) is 0 Å². The van der Waals surface area contributed by atoms with E-state index in [4.69, 9.17) is 12.2 Å². The van der Waals surface area contributed by atoms with Gasteiger partial charge < -0.3 is 10.3 Å². The van der Waals surface area contributed by atoms with Gasteiger partial charge in [-0.2, -0.15) is 0 Å². The molecule has 1 heterocycles. The fourth-order valence-corrected chi connectivity index (χ4v) is 2.94. The Morgan fingerprint density at radius 2 is 1.92 bits per heavy atom. The molecule has 0 aliphatic rings. The number of aryl methyl sites for hydroxylation is 2. The molecule has 0 spiro atoms. The molecule has 0 aliphatic heterocycles. The largest absolute Gasteiger partial charge is 0.332 e. The molecule has 0 atom stereocenters. The third-order valence-corrected chi connectivity index (χ3v) is 4.56. The molecule has 0 aliphatic carbocycles. The highest BCUT2D eigenvalue weighted by Crippen LogP contribution is 2.14. The second-order valence-corrected chi connectivity index (χ2v) is 6.42. The average molecular weight is 353 g/mol. The molecule has 0 saturated heterocycles. The minimum absolute atomic E-state index is 0.155. The molecule has 25 heavy (non-hydrogen) atoms. The Labute approximate surface area is 150 Å². The van der Waals surface area contributed by atoms with Crippen molar-refractivity contribution in [3.8, 4) is 0 Å². The molecule has 3 aromatic rings. The Morgan fingerprint density at radius 3 is 2.68 bits per heavy atom. The molecule has 0 bridgehead atoms. The van der Waals surface area contributed by atoms with Crippen LogP contribution in [0.4, 0.5) is 5.69 Å². The number of carbonyl (C=O) groups is 1. The number of hydrogen-bond acceptors (Lipinski definition) is 3. The number of carbonyl (C=O) groups excluding carboxylic acids is 1. The minimum Gasteiger partial charge on any atom is -0.332 e. The zero-order chi connectivity index (χ0) is 18.0. The number of anilines is 1. The van der Waals surface area contributed by atoms with Crippen molar-refractivity contribution in [3.63, 3.8) is 0 Å². The van der Waals surface area contributed by atoms with Gasteiger partial charge in [-0.15, -0.1) is 0 Å². The number of hydrogen-bond donors (Lipinski definition) is 2. The Bertz CT molecular complexity index is 1070. The van der Waals surface area contributed by atoms with E-state index < -0.39 is 0 Å². The van der Waals surface area contributed by atoms with Gasteiger partial charge in [-0.3, -0.25) is 14.2 Å². The van der Waals surface area contributed by atoms with Crippen LogP contribution in [0.2, 0.25) is 0 Å². The van der Waals surface area contributed by atoms with Crippen molar-refractivity contribution in [2.24, 2.45) is 0 Å². The number of aromatic nitrogens is 2. The summed E-state index contributed by atoms with van der Waals surface area (Å²) in [7, 11) is 0. The van der Waals surface area contributed by atoms with E-state index >= 15 is 0 Å². The van der Waals surface area contributed by atoms with Crippen molar-refractivity contribution in [1.82, 2.24) is 9.55 Å². The molecule has 0 fully saturated rings. The highest BCUT2D eigenvalue weighted by atomic mass is 32.1. The second-order valence-electron chi connectivity index (χ2n) is 6.03. The van der Waals surface area contributed by atoms with E-state index in [-0.39, 0.29) is 24.4 Å². The molecule has 6 heteroatoms. The maximum atomic E-state index is 12.5. The molecular formula is C19H19N3O2S. The number of nitrogens with one attached hydrogen (secondary N) is 2. The molecule has 2 N–H and O–H groups in total. The lowest BCUT2D eigenvalue weighted by atomic mass is 10.1. The van der Waals surface area contributed by atoms with Crippen LogP contribution >= 0.6 is 12.2 Å². The first-order chi connectivity index (χ1) is 12.0. The number of amides is 1. The number of H-pyrrole nitrogens is 1. The zero-order valence-electron chi connectivity index (χ0n) is 14.1. The molecule has 0 radical (unpaired) electrons. The quantitative estimate of drug-likeness (QED) is 0.703. The van der Waals surface area contributed by atoms with Crippen molar-refractivity contribution in [2.75, 3.05) is 5.32 Å². The maximum Gasteiger partial charge on any atom is 0.262 e. The molecule has 0 saturated carbocycles. The van der Waals surface area contributed by atoms with Gasteiger partial charge in [-0.1, -0.05) is 18.2 Å². The standard InChI is InChI=1S/C19H19N3O2S/c1-12-7-8-14(11-13(12)2)20-17(23)9-10-22-18(24)15-5-3-4-6-16(15)21-19(22)25/h3-8,11H,9-10H2,1-2H3,(H,20,23)(H,21,25). The summed E-state index contributed by atoms with van der Waals surface area (Å²) < 4.78 is 1.75. The van der Waals surface area contributed by atoms with Crippen molar-refractivity contribution in [2.45, 2.75) is 26.8 Å². The number of aromatic amines is 1. The molecule has 3 rings (SSSR count). The van der Waals surface area contributed by atoms with Crippen molar-refractivity contribution in [1.29, 1.82) is 0 Å². The summed E-state index contributed by atoms with van der Waals surface area (Å²) in [5, 5.41) is 3.42. The Balaban J connectivity index is 1.76. The Kier molecular flexibility index (Phi) is 4.81. The van der Waals surface area contributed by atoms with Gasteiger partial charge in [0, 0.05) is 18.7 Å². The van der Waals surface area contributed by atoms with Crippen molar-refractivity contribution >= 4 is 34.7 Å². The van der Waals surface area contributed by atoms with Gasteiger partial charge in [0.05, 0.1) is 10.9 Å². The Hall–Kier alpha value is -2.73. The summed E-state index contributed by atoms with van der Waals surface area (Å²) >= 11 is 5.26. The summed E-state index contributed by atoms with van der Waals surface area (Å²) in [5.74, 6) is -0.155. The van der Waals surface area contributed by atoms with Crippen LogP contribution < -0.4 is 10.9 Å². The lowest BCUT2D eigenvalue weighted by Crippen LogP contribution is -2.25. The van der Waals surface area contributed by atoms with Gasteiger partial charge >= 0.3 is 0 Å². The lowest BCUT2D eigenvalue weighted by Gasteiger charge is -2.10. The number of benzene rings is 2. The third-order valence-electron chi connectivity index (χ3n) is 4.24. The third kappa shape index (κ3) is 3.69. The normalized spacial score (nSPS) is 10.8. The predicted octanol–water partition coefficient (Wildman–Crippen LogP) is 3.70. The van der Waals surface area contributed by atoms with E-state index in [0.29, 0.717) is 15.7 Å². The molecule has 2 aromatic carbocycles. The first-order valence-corrected chi connectivity index (χ1v) is 8.45. The highest BCUT2D eigenvalue weighted by molar-refractivity contribution is 7.71. The fourth-order valence-electron chi connectivity index (χ4n) is 2.66. The van der Waals surface area contributed by atoms with Gasteiger partial charge in [0.1, 0.15) is 0 Å². The lowest BCUT2D eigenvalue weighted by molar-refractivity contribution is -0.116. The van der Waals surface area contributed by atoms with E-state index in [1.807, 2.05) is 44.2 Å². The van der Waals surface area contributed by atoms with Crippen LogP contribution in [0.1, 0.15) is 17.5 Å². The average Bonchev–Trinajstić information content (AvgIpc) is 2.58. The van der Waals surface area contributed by atoms with Crippen molar-refractivity contribution in [3.05, 3.63) is 68.7 Å². The summed E-state index contributed by atoms with van der Waals surface area (Å²) in [6, 6.07) is 13.0. The van der Waals surface area contributed by atoms with Crippen LogP contribution in [0.15, 0.2) is 47.3 Å². The van der Waals surface area contributed by atoms with Gasteiger partial charge in [-0.25, -0.2) is 0 Å². The van der Waals surface area contributed by atoms with Gasteiger partial charge in [0.15, 0.2) is 4.77 Å². The summed E-state index contributed by atoms with van der Waals surface area (Å²) in [4.78, 5) is 27.8. The number of fused-ring (bicyclic) bond motifs is 1. The first kappa shape index (κ1) is 17.1. The first-order valence-electron chi connectivity index (χ1n) is 8.04. The maximum absolute atomic E-state index is 12.5. The zero-order valence-corrected chi connectivity index (χ0v) is 14.9. The monoisotopic (exact) mass is 353 g/mol. The predicted molar refractivity (Wildman–Crippen MR) is 103 cm³/mol. The number of nitrogens with zero attached hydrogens (tertiary/aromatic N) is 1. The highest BCUT2D eigenvalue weighted by Gasteiger charge is 2.08. The van der Waals surface area contributed by atoms with Crippen LogP contribution in [-0.2, 0) is 11.3 Å². The van der Waals surface area contributed by atoms with Crippen LogP contribution in [-0.4, -0.2) is 15.5 Å². The topological polar surface area (TPSA) is 66.9 Å². The molecular weight excluding hydrogens is 334 g/mol. The van der Waals surface area contributed by atoms with Gasteiger partial charge in [-0.05, 0) is 61.5 Å². The summed E-state index contributed by atoms with van der Waals surface area (Å²) in [5.41, 5.74) is 3.56. The van der Waals surface area contributed by atoms with Crippen molar-refractivity contribution < 1.29 is 4.79 Å². The number of rotatable bonds is 4. The molecule has 1 amide bonds. The second kappa shape index (κ2) is 7.03. The van der Waals surface area contributed by atoms with Crippen LogP contribution in [0, 0.1) is 18.6 Å². The molecule has 5 nitrogen and oxygen atoms in total. The van der Waals surface area contributed by atoms with E-state index in [2.05, 4.69) is 10.3 Å². The fraction of sp³-hybridized carbons (Fsp3) is 0.211.